The first-order valence-corrected chi connectivity index (χ1v) is 6.45. The van der Waals surface area contributed by atoms with Gasteiger partial charge in [0.15, 0.2) is 5.82 Å². The number of nitrogens with zero attached hydrogens (tertiary/aromatic N) is 2. The zero-order chi connectivity index (χ0) is 13.0. The number of aliphatic carboxylic acids is 1. The SMILES string of the molecule is CCc1noc(CNCC2CCCC2C(=O)O)n1. The van der Waals surface area contributed by atoms with Gasteiger partial charge in [-0.1, -0.05) is 18.5 Å². The van der Waals surface area contributed by atoms with E-state index in [0.29, 0.717) is 24.8 Å². The van der Waals surface area contributed by atoms with Crippen LogP contribution in [0, 0.1) is 11.8 Å². The molecule has 1 saturated carbocycles. The van der Waals surface area contributed by atoms with Crippen molar-refractivity contribution in [3.63, 3.8) is 0 Å². The van der Waals surface area contributed by atoms with Crippen LogP contribution in [-0.2, 0) is 17.8 Å². The fraction of sp³-hybridized carbons (Fsp3) is 0.750. The molecule has 0 saturated heterocycles. The van der Waals surface area contributed by atoms with Gasteiger partial charge in [0.25, 0.3) is 0 Å². The first-order chi connectivity index (χ1) is 8.70. The number of carboxylic acids is 1. The molecule has 1 aromatic rings. The summed E-state index contributed by atoms with van der Waals surface area (Å²) in [5.41, 5.74) is 0. The van der Waals surface area contributed by atoms with Gasteiger partial charge in [0.05, 0.1) is 12.5 Å². The minimum atomic E-state index is -0.676. The summed E-state index contributed by atoms with van der Waals surface area (Å²) in [5, 5.41) is 16.1. The van der Waals surface area contributed by atoms with E-state index in [1.165, 1.54) is 0 Å². The van der Waals surface area contributed by atoms with Gasteiger partial charge in [-0.15, -0.1) is 0 Å². The van der Waals surface area contributed by atoms with E-state index in [1.54, 1.807) is 0 Å². The maximum atomic E-state index is 11.0. The van der Waals surface area contributed by atoms with Crippen molar-refractivity contribution < 1.29 is 14.4 Å². The number of rotatable bonds is 6. The van der Waals surface area contributed by atoms with E-state index in [2.05, 4.69) is 15.5 Å². The average molecular weight is 253 g/mol. The first kappa shape index (κ1) is 13.0. The topological polar surface area (TPSA) is 88.2 Å². The highest BCUT2D eigenvalue weighted by atomic mass is 16.5. The molecule has 6 nitrogen and oxygen atoms in total. The molecule has 0 aromatic carbocycles. The van der Waals surface area contributed by atoms with E-state index < -0.39 is 5.97 Å². The zero-order valence-corrected chi connectivity index (χ0v) is 10.6. The predicted octanol–water partition coefficient (Wildman–Crippen LogP) is 1.22. The lowest BCUT2D eigenvalue weighted by molar-refractivity contribution is -0.142. The molecule has 1 aliphatic rings. The molecule has 1 aromatic heterocycles. The molecule has 2 unspecified atom stereocenters. The smallest absolute Gasteiger partial charge is 0.306 e. The minimum absolute atomic E-state index is 0.202. The Labute approximate surface area is 106 Å². The van der Waals surface area contributed by atoms with Crippen molar-refractivity contribution in [1.82, 2.24) is 15.5 Å². The lowest BCUT2D eigenvalue weighted by Gasteiger charge is -2.15. The van der Waals surface area contributed by atoms with E-state index in [-0.39, 0.29) is 11.8 Å². The summed E-state index contributed by atoms with van der Waals surface area (Å²) in [6, 6.07) is 0. The molecule has 0 bridgehead atoms. The molecule has 0 aliphatic heterocycles. The van der Waals surface area contributed by atoms with Crippen LogP contribution in [0.4, 0.5) is 0 Å². The second-order valence-electron chi connectivity index (χ2n) is 4.72. The van der Waals surface area contributed by atoms with Gasteiger partial charge in [0.2, 0.25) is 5.89 Å². The maximum absolute atomic E-state index is 11.0. The van der Waals surface area contributed by atoms with Crippen LogP contribution in [0.15, 0.2) is 4.52 Å². The van der Waals surface area contributed by atoms with Gasteiger partial charge in [-0.3, -0.25) is 4.79 Å². The van der Waals surface area contributed by atoms with Crippen LogP contribution in [0.3, 0.4) is 0 Å². The van der Waals surface area contributed by atoms with E-state index in [9.17, 15) is 4.79 Å². The Balaban J connectivity index is 1.76. The summed E-state index contributed by atoms with van der Waals surface area (Å²) in [6.07, 6.45) is 3.54. The number of aromatic nitrogens is 2. The van der Waals surface area contributed by atoms with E-state index >= 15 is 0 Å². The third-order valence-corrected chi connectivity index (χ3v) is 3.49. The Kier molecular flexibility index (Phi) is 4.30. The number of hydrogen-bond acceptors (Lipinski definition) is 5. The fourth-order valence-electron chi connectivity index (χ4n) is 2.48. The summed E-state index contributed by atoms with van der Waals surface area (Å²) in [6.45, 7) is 3.18. The van der Waals surface area contributed by atoms with Crippen molar-refractivity contribution >= 4 is 5.97 Å². The number of carboxylic acid groups (broad SMARTS) is 1. The predicted molar refractivity (Wildman–Crippen MR) is 63.8 cm³/mol. The minimum Gasteiger partial charge on any atom is -0.481 e. The first-order valence-electron chi connectivity index (χ1n) is 6.45. The molecule has 1 aliphatic carbocycles. The third-order valence-electron chi connectivity index (χ3n) is 3.49. The maximum Gasteiger partial charge on any atom is 0.306 e. The Morgan fingerprint density at radius 1 is 1.56 bits per heavy atom. The number of hydrogen-bond donors (Lipinski definition) is 2. The van der Waals surface area contributed by atoms with Gasteiger partial charge in [-0.2, -0.15) is 4.98 Å². The molecule has 1 heterocycles. The summed E-state index contributed by atoms with van der Waals surface area (Å²) in [7, 11) is 0. The van der Waals surface area contributed by atoms with Gasteiger partial charge in [-0.05, 0) is 25.3 Å². The Hall–Kier alpha value is -1.43. The molecule has 2 rings (SSSR count). The molecule has 1 fully saturated rings. The van der Waals surface area contributed by atoms with Crippen LogP contribution in [0.5, 0.6) is 0 Å². The Morgan fingerprint density at radius 3 is 3.06 bits per heavy atom. The lowest BCUT2D eigenvalue weighted by Crippen LogP contribution is -2.28. The van der Waals surface area contributed by atoms with Gasteiger partial charge >= 0.3 is 5.97 Å². The van der Waals surface area contributed by atoms with Gasteiger partial charge < -0.3 is 14.9 Å². The van der Waals surface area contributed by atoms with Gasteiger partial charge in [0.1, 0.15) is 0 Å². The highest BCUT2D eigenvalue weighted by Gasteiger charge is 2.32. The standard InChI is InChI=1S/C12H19N3O3/c1-2-10-14-11(18-15-10)7-13-6-8-4-3-5-9(8)12(16)17/h8-9,13H,2-7H2,1H3,(H,16,17). The van der Waals surface area contributed by atoms with Crippen molar-refractivity contribution in [2.75, 3.05) is 6.54 Å². The summed E-state index contributed by atoms with van der Waals surface area (Å²) in [5.74, 6) is 0.612. The number of nitrogens with one attached hydrogen (secondary N) is 1. The van der Waals surface area contributed by atoms with Crippen LogP contribution < -0.4 is 5.32 Å². The molecular formula is C12H19N3O3. The lowest BCUT2D eigenvalue weighted by atomic mass is 9.96. The van der Waals surface area contributed by atoms with Gasteiger partial charge in [-0.25, -0.2) is 0 Å². The summed E-state index contributed by atoms with van der Waals surface area (Å²) in [4.78, 5) is 15.2. The van der Waals surface area contributed by atoms with Crippen molar-refractivity contribution in [2.24, 2.45) is 11.8 Å². The molecule has 0 radical (unpaired) electrons. The van der Waals surface area contributed by atoms with Crippen LogP contribution >= 0.6 is 0 Å². The average Bonchev–Trinajstić information content (AvgIpc) is 2.97. The van der Waals surface area contributed by atoms with Crippen molar-refractivity contribution in [1.29, 1.82) is 0 Å². The van der Waals surface area contributed by atoms with E-state index in [0.717, 1.165) is 25.7 Å². The van der Waals surface area contributed by atoms with Crippen molar-refractivity contribution in [2.45, 2.75) is 39.2 Å². The summed E-state index contributed by atoms with van der Waals surface area (Å²) >= 11 is 0. The summed E-state index contributed by atoms with van der Waals surface area (Å²) < 4.78 is 5.05. The highest BCUT2D eigenvalue weighted by molar-refractivity contribution is 5.70. The largest absolute Gasteiger partial charge is 0.481 e. The van der Waals surface area contributed by atoms with Crippen LogP contribution in [0.25, 0.3) is 0 Å². The Morgan fingerprint density at radius 2 is 2.39 bits per heavy atom. The van der Waals surface area contributed by atoms with Crippen LogP contribution in [0.2, 0.25) is 0 Å². The molecular weight excluding hydrogens is 234 g/mol. The molecule has 100 valence electrons. The Bertz CT molecular complexity index is 405. The van der Waals surface area contributed by atoms with Crippen molar-refractivity contribution in [3.05, 3.63) is 11.7 Å². The van der Waals surface area contributed by atoms with E-state index in [4.69, 9.17) is 9.63 Å². The normalized spacial score (nSPS) is 23.4. The molecule has 6 heteroatoms. The monoisotopic (exact) mass is 253 g/mol. The van der Waals surface area contributed by atoms with Crippen molar-refractivity contribution in [3.8, 4) is 0 Å². The van der Waals surface area contributed by atoms with Gasteiger partial charge in [0, 0.05) is 6.42 Å². The molecule has 2 N–H and O–H groups in total. The third kappa shape index (κ3) is 3.07. The molecule has 18 heavy (non-hydrogen) atoms. The number of aryl methyl sites for hydroxylation is 1. The second kappa shape index (κ2) is 5.95. The highest BCUT2D eigenvalue weighted by Crippen LogP contribution is 2.31. The second-order valence-corrected chi connectivity index (χ2v) is 4.72. The van der Waals surface area contributed by atoms with E-state index in [1.807, 2.05) is 6.92 Å². The fourth-order valence-corrected chi connectivity index (χ4v) is 2.48. The molecule has 0 spiro atoms. The van der Waals surface area contributed by atoms with Crippen LogP contribution in [0.1, 0.15) is 37.9 Å². The van der Waals surface area contributed by atoms with Crippen LogP contribution in [-0.4, -0.2) is 27.8 Å². The quantitative estimate of drug-likeness (QED) is 0.792. The zero-order valence-electron chi connectivity index (χ0n) is 10.6. The molecule has 2 atom stereocenters. The molecule has 0 amide bonds. The number of carbonyl (C=O) groups is 1.